The number of amides is 1. The van der Waals surface area contributed by atoms with Gasteiger partial charge in [0.1, 0.15) is 0 Å². The van der Waals surface area contributed by atoms with Crippen LogP contribution in [0.4, 0.5) is 0 Å². The summed E-state index contributed by atoms with van der Waals surface area (Å²) in [7, 11) is -2.79. The van der Waals surface area contributed by atoms with Gasteiger partial charge in [-0.3, -0.25) is 0 Å². The molecular weight excluding hydrogens is 540 g/mol. The summed E-state index contributed by atoms with van der Waals surface area (Å²) in [6.07, 6.45) is 6.65. The number of aromatic amines is 1. The van der Waals surface area contributed by atoms with E-state index in [1.165, 1.54) is 0 Å². The fourth-order valence-electron chi connectivity index (χ4n) is 5.05. The number of aliphatic hydroxyl groups excluding tert-OH is 1. The summed E-state index contributed by atoms with van der Waals surface area (Å²) >= 11 is -1.37. The van der Waals surface area contributed by atoms with Crippen LogP contribution >= 0.6 is 8.03 Å². The maximum atomic E-state index is 13.3. The number of nitrogens with one attached hydrogen (secondary N) is 2. The van der Waals surface area contributed by atoms with Gasteiger partial charge in [-0.05, 0) is 0 Å². The van der Waals surface area contributed by atoms with Crippen LogP contribution in [0.5, 0.6) is 0 Å². The number of nitrogens with two attached hydrogens (primary N) is 1. The number of hydrogen-bond acceptors (Lipinski definition) is 5. The monoisotopic (exact) mass is 581 g/mol. The fourth-order valence-corrected chi connectivity index (χ4v) is 9.25. The van der Waals surface area contributed by atoms with E-state index in [2.05, 4.69) is 10.3 Å². The van der Waals surface area contributed by atoms with Crippen LogP contribution in [-0.4, -0.2) is 65.6 Å². The molecule has 1 fully saturated rings. The quantitative estimate of drug-likeness (QED) is 0.182. The van der Waals surface area contributed by atoms with Crippen LogP contribution in [-0.2, 0) is 20.6 Å². The first-order chi connectivity index (χ1) is 17.2. The summed E-state index contributed by atoms with van der Waals surface area (Å²) in [5.74, 6) is -0.121. The zero-order chi connectivity index (χ0) is 26.2. The summed E-state index contributed by atoms with van der Waals surface area (Å²) in [5, 5.41) is 14.5. The summed E-state index contributed by atoms with van der Waals surface area (Å²) < 4.78 is 11.5. The second-order valence-electron chi connectivity index (χ2n) is 10.4. The Morgan fingerprint density at radius 3 is 2.58 bits per heavy atom. The summed E-state index contributed by atoms with van der Waals surface area (Å²) in [6, 6.07) is 7.25. The molecule has 3 rings (SSSR count). The minimum atomic E-state index is -2.79. The number of aromatic nitrogens is 1. The molecule has 0 bridgehead atoms. The average molecular weight is 582 g/mol. The Morgan fingerprint density at radius 1 is 1.22 bits per heavy atom. The molecule has 0 radical (unpaired) electrons. The van der Waals surface area contributed by atoms with Gasteiger partial charge in [0.05, 0.1) is 0 Å². The van der Waals surface area contributed by atoms with E-state index in [0.29, 0.717) is 6.42 Å². The topological polar surface area (TPSA) is 146 Å². The number of fused-ring (bicyclic) bond motifs is 1. The number of rotatable bonds is 13. The summed E-state index contributed by atoms with van der Waals surface area (Å²) in [4.78, 5) is 39.2. The molecule has 0 aliphatic heterocycles. The van der Waals surface area contributed by atoms with E-state index < -0.39 is 46.3 Å². The zero-order valence-electron chi connectivity index (χ0n) is 21.2. The molecule has 6 N–H and O–H groups in total. The summed E-state index contributed by atoms with van der Waals surface area (Å²) in [5.41, 5.74) is 7.62. The Labute approximate surface area is 220 Å². The van der Waals surface area contributed by atoms with Crippen LogP contribution < -0.4 is 11.1 Å². The van der Waals surface area contributed by atoms with Gasteiger partial charge >= 0.3 is 221 Å². The molecule has 2 aromatic rings. The van der Waals surface area contributed by atoms with Crippen LogP contribution in [0.25, 0.3) is 10.9 Å². The third-order valence-corrected chi connectivity index (χ3v) is 11.7. The average Bonchev–Trinajstić information content (AvgIpc) is 3.27. The van der Waals surface area contributed by atoms with Crippen molar-refractivity contribution in [3.63, 3.8) is 0 Å². The molecule has 10 heteroatoms. The number of benzene rings is 1. The number of para-hydroxylation sites is 1. The molecule has 1 amide bonds. The Kier molecular flexibility index (Phi) is 11.3. The number of aliphatic hydroxyl groups is 1. The van der Waals surface area contributed by atoms with E-state index in [0.717, 1.165) is 48.6 Å². The van der Waals surface area contributed by atoms with Crippen molar-refractivity contribution in [2.75, 3.05) is 6.54 Å². The number of carbonyl (C=O) groups excluding carboxylic acids is 2. The van der Waals surface area contributed by atoms with Crippen LogP contribution in [0.15, 0.2) is 30.5 Å². The van der Waals surface area contributed by atoms with Crippen molar-refractivity contribution in [2.45, 2.75) is 81.3 Å². The van der Waals surface area contributed by atoms with Crippen LogP contribution in [0, 0.1) is 11.8 Å². The van der Waals surface area contributed by atoms with Gasteiger partial charge in [-0.1, -0.05) is 0 Å². The third-order valence-electron chi connectivity index (χ3n) is 7.33. The molecule has 0 saturated heterocycles. The molecule has 3 unspecified atom stereocenters. The maximum absolute atomic E-state index is 13.3. The van der Waals surface area contributed by atoms with E-state index in [1.807, 2.05) is 44.3 Å². The first-order valence-electron chi connectivity index (χ1n) is 13.0. The molecule has 200 valence electrons. The predicted octanol–water partition coefficient (Wildman–Crippen LogP) is 2.73. The van der Waals surface area contributed by atoms with Crippen molar-refractivity contribution in [3.8, 4) is 0 Å². The van der Waals surface area contributed by atoms with E-state index in [4.69, 9.17) is 5.73 Å². The molecular formula is C26H41AsN3O5P. The van der Waals surface area contributed by atoms with E-state index in [1.54, 1.807) is 0 Å². The van der Waals surface area contributed by atoms with E-state index >= 15 is 0 Å². The molecule has 1 heterocycles. The minimum absolute atomic E-state index is 0.00170. The number of carbonyl (C=O) groups is 2. The van der Waals surface area contributed by atoms with Crippen LogP contribution in [0.3, 0.4) is 0 Å². The molecule has 36 heavy (non-hydrogen) atoms. The first-order valence-corrected chi connectivity index (χ1v) is 16.7. The Bertz CT molecular complexity index is 1040. The van der Waals surface area contributed by atoms with Crippen molar-refractivity contribution in [3.05, 3.63) is 36.0 Å². The number of H-pyrrole nitrogens is 1. The van der Waals surface area contributed by atoms with Gasteiger partial charge in [-0.2, -0.15) is 0 Å². The van der Waals surface area contributed by atoms with Gasteiger partial charge in [-0.25, -0.2) is 0 Å². The van der Waals surface area contributed by atoms with Crippen LogP contribution in [0.1, 0.15) is 57.9 Å². The SMILES string of the molecule is CC(C)[C@H](N)C(=O)[AsH][C@@H](Cc1c[nH]c2ccccc12)C(=O)NC[C@H](O)CC(C1CCCCC1)[PH](=O)O. The summed E-state index contributed by atoms with van der Waals surface area (Å²) in [6.45, 7) is 3.79. The van der Waals surface area contributed by atoms with E-state index in [9.17, 15) is 24.2 Å². The van der Waals surface area contributed by atoms with Gasteiger partial charge in [0, 0.05) is 0 Å². The van der Waals surface area contributed by atoms with Gasteiger partial charge in [0.2, 0.25) is 0 Å². The molecule has 1 saturated carbocycles. The third kappa shape index (κ3) is 8.03. The van der Waals surface area contributed by atoms with Gasteiger partial charge < -0.3 is 0 Å². The van der Waals surface area contributed by atoms with Crippen molar-refractivity contribution in [1.29, 1.82) is 0 Å². The van der Waals surface area contributed by atoms with Gasteiger partial charge in [0.15, 0.2) is 0 Å². The molecule has 1 aliphatic carbocycles. The second kappa shape index (κ2) is 13.9. The van der Waals surface area contributed by atoms with E-state index in [-0.39, 0.29) is 35.3 Å². The zero-order valence-corrected chi connectivity index (χ0v) is 24.3. The number of hydrogen-bond donors (Lipinski definition) is 5. The molecule has 1 aromatic carbocycles. The Morgan fingerprint density at radius 2 is 1.92 bits per heavy atom. The molecule has 6 atom stereocenters. The molecule has 1 aromatic heterocycles. The van der Waals surface area contributed by atoms with Gasteiger partial charge in [0.25, 0.3) is 0 Å². The molecule has 0 spiro atoms. The first kappa shape index (κ1) is 29.1. The fraction of sp³-hybridized carbons (Fsp3) is 0.615. The van der Waals surface area contributed by atoms with Crippen molar-refractivity contribution in [2.24, 2.45) is 17.6 Å². The molecule has 1 aliphatic rings. The standard InChI is InChI=1S/C26H41AsN3O5P/c1-16(2)24(28)25(32)27-21(12-18-14-29-22-11-7-6-10-20(18)22)26(33)30-15-19(31)13-23(36(34)35)17-8-4-3-5-9-17/h6-7,10-11,14,16-17,19,21,23-24,27,29,31,36H,3-5,8-9,12-13,15,28H2,1-2H3,(H,30,33)(H,34,35)/t19-,21+,23?,24+/m1/s1. The second-order valence-corrected chi connectivity index (χ2v) is 14.9. The molecule has 8 nitrogen and oxygen atoms in total. The Hall–Kier alpha value is -1.43. The van der Waals surface area contributed by atoms with Crippen molar-refractivity contribution in [1.82, 2.24) is 10.3 Å². The van der Waals surface area contributed by atoms with Crippen molar-refractivity contribution >= 4 is 45.2 Å². The normalized spacial score (nSPS) is 19.4. The van der Waals surface area contributed by atoms with Gasteiger partial charge in [-0.15, -0.1) is 0 Å². The van der Waals surface area contributed by atoms with Crippen molar-refractivity contribution < 1.29 is 24.2 Å². The predicted molar refractivity (Wildman–Crippen MR) is 146 cm³/mol. The van der Waals surface area contributed by atoms with Crippen LogP contribution in [0.2, 0.25) is 4.71 Å². The Balaban J connectivity index is 1.66.